The number of nitrogens with one attached hydrogen (secondary N) is 1. The monoisotopic (exact) mass is 271 g/mol. The van der Waals surface area contributed by atoms with Crippen LogP contribution in [0.3, 0.4) is 0 Å². The molecule has 0 aromatic carbocycles. The van der Waals surface area contributed by atoms with Gasteiger partial charge in [-0.05, 0) is 19.1 Å². The fourth-order valence-corrected chi connectivity index (χ4v) is 2.28. The lowest BCUT2D eigenvalue weighted by Gasteiger charge is -2.27. The van der Waals surface area contributed by atoms with Gasteiger partial charge < -0.3 is 10.1 Å². The number of methoxy groups -OCH3 is 1. The molecule has 0 saturated carbocycles. The summed E-state index contributed by atoms with van der Waals surface area (Å²) >= 11 is 0. The maximum absolute atomic E-state index is 12.1. The summed E-state index contributed by atoms with van der Waals surface area (Å²) in [6.07, 6.45) is 3.12. The van der Waals surface area contributed by atoms with Crippen molar-refractivity contribution in [3.63, 3.8) is 0 Å². The van der Waals surface area contributed by atoms with Gasteiger partial charge in [-0.25, -0.2) is 9.48 Å². The van der Waals surface area contributed by atoms with E-state index in [9.17, 15) is 4.79 Å². The lowest BCUT2D eigenvalue weighted by atomic mass is 10.00. The van der Waals surface area contributed by atoms with Crippen LogP contribution in [0.1, 0.15) is 18.7 Å². The lowest BCUT2D eigenvalue weighted by Crippen LogP contribution is -2.29. The highest BCUT2D eigenvalue weighted by Gasteiger charge is 2.34. The van der Waals surface area contributed by atoms with Crippen LogP contribution in [-0.2, 0) is 9.53 Å². The summed E-state index contributed by atoms with van der Waals surface area (Å²) in [5.74, 6) is 0.164. The van der Waals surface area contributed by atoms with Crippen molar-refractivity contribution in [3.05, 3.63) is 47.7 Å². The van der Waals surface area contributed by atoms with Crippen molar-refractivity contribution < 1.29 is 9.53 Å². The van der Waals surface area contributed by atoms with Crippen molar-refractivity contribution in [2.24, 2.45) is 0 Å². The van der Waals surface area contributed by atoms with E-state index in [1.54, 1.807) is 17.8 Å². The third-order valence-electron chi connectivity index (χ3n) is 3.17. The van der Waals surface area contributed by atoms with Crippen LogP contribution in [0.15, 0.2) is 42.0 Å². The van der Waals surface area contributed by atoms with Crippen molar-refractivity contribution >= 4 is 11.9 Å². The first-order valence-corrected chi connectivity index (χ1v) is 6.09. The van der Waals surface area contributed by atoms with E-state index >= 15 is 0 Å². The van der Waals surface area contributed by atoms with E-state index < -0.39 is 12.0 Å². The van der Waals surface area contributed by atoms with Crippen LogP contribution in [-0.4, -0.2) is 32.8 Å². The van der Waals surface area contributed by atoms with E-state index in [0.29, 0.717) is 22.9 Å². The first kappa shape index (κ1) is 12.3. The third kappa shape index (κ3) is 1.83. The molecule has 1 aliphatic heterocycles. The second-order valence-electron chi connectivity index (χ2n) is 4.34. The summed E-state index contributed by atoms with van der Waals surface area (Å²) < 4.78 is 6.50. The lowest BCUT2D eigenvalue weighted by molar-refractivity contribution is -0.136. The van der Waals surface area contributed by atoms with E-state index in [2.05, 4.69) is 20.4 Å². The molecule has 1 aliphatic rings. The average molecular weight is 271 g/mol. The minimum Gasteiger partial charge on any atom is -0.466 e. The molecule has 0 fully saturated rings. The van der Waals surface area contributed by atoms with Crippen LogP contribution in [0.4, 0.5) is 5.95 Å². The first-order chi connectivity index (χ1) is 9.72. The van der Waals surface area contributed by atoms with Crippen molar-refractivity contribution in [2.45, 2.75) is 13.0 Å². The topological polar surface area (TPSA) is 81.9 Å². The molecule has 0 amide bonds. The van der Waals surface area contributed by atoms with Crippen molar-refractivity contribution in [3.8, 4) is 0 Å². The molecule has 1 N–H and O–H groups in total. The Balaban J connectivity index is 2.19. The third-order valence-corrected chi connectivity index (χ3v) is 3.17. The number of nitrogens with zero attached hydrogens (tertiary/aromatic N) is 4. The molecular formula is C13H13N5O2. The molecular weight excluding hydrogens is 258 g/mol. The quantitative estimate of drug-likeness (QED) is 0.825. The molecule has 0 unspecified atom stereocenters. The van der Waals surface area contributed by atoms with Crippen LogP contribution >= 0.6 is 0 Å². The summed E-state index contributed by atoms with van der Waals surface area (Å²) in [5.41, 5.74) is 1.87. The van der Waals surface area contributed by atoms with Crippen molar-refractivity contribution in [2.75, 3.05) is 12.4 Å². The van der Waals surface area contributed by atoms with E-state index in [1.807, 2.05) is 18.2 Å². The van der Waals surface area contributed by atoms with Gasteiger partial charge in [0.2, 0.25) is 5.95 Å². The van der Waals surface area contributed by atoms with Gasteiger partial charge in [-0.15, -0.1) is 0 Å². The average Bonchev–Trinajstić information content (AvgIpc) is 2.93. The molecule has 2 aromatic rings. The van der Waals surface area contributed by atoms with Crippen LogP contribution in [0.5, 0.6) is 0 Å². The number of pyridine rings is 1. The maximum Gasteiger partial charge on any atom is 0.338 e. The summed E-state index contributed by atoms with van der Waals surface area (Å²) in [6.45, 7) is 1.81. The fourth-order valence-electron chi connectivity index (χ4n) is 2.28. The Morgan fingerprint density at radius 2 is 2.25 bits per heavy atom. The van der Waals surface area contributed by atoms with Gasteiger partial charge in [-0.2, -0.15) is 10.1 Å². The molecule has 0 aliphatic carbocycles. The summed E-state index contributed by atoms with van der Waals surface area (Å²) in [6, 6.07) is 5.09. The number of rotatable bonds is 2. The van der Waals surface area contributed by atoms with Gasteiger partial charge in [0.25, 0.3) is 0 Å². The molecule has 3 heterocycles. The second-order valence-corrected chi connectivity index (χ2v) is 4.34. The van der Waals surface area contributed by atoms with Crippen LogP contribution < -0.4 is 5.32 Å². The number of anilines is 1. The zero-order chi connectivity index (χ0) is 14.1. The Morgan fingerprint density at radius 1 is 1.40 bits per heavy atom. The number of fused-ring (bicyclic) bond motifs is 1. The van der Waals surface area contributed by atoms with E-state index in [4.69, 9.17) is 4.74 Å². The normalized spacial score (nSPS) is 17.4. The molecule has 20 heavy (non-hydrogen) atoms. The van der Waals surface area contributed by atoms with E-state index in [1.165, 1.54) is 13.4 Å². The highest BCUT2D eigenvalue weighted by molar-refractivity contribution is 5.92. The predicted molar refractivity (Wildman–Crippen MR) is 70.7 cm³/mol. The fraction of sp³-hybridized carbons (Fsp3) is 0.231. The van der Waals surface area contributed by atoms with Crippen molar-refractivity contribution in [1.29, 1.82) is 0 Å². The highest BCUT2D eigenvalue weighted by Crippen LogP contribution is 2.33. The van der Waals surface area contributed by atoms with Crippen LogP contribution in [0.25, 0.3) is 0 Å². The maximum atomic E-state index is 12.1. The summed E-state index contributed by atoms with van der Waals surface area (Å²) in [7, 11) is 1.36. The Hall–Kier alpha value is -2.70. The number of carbonyl (C=O) groups is 1. The summed E-state index contributed by atoms with van der Waals surface area (Å²) in [4.78, 5) is 20.5. The Morgan fingerprint density at radius 3 is 2.95 bits per heavy atom. The van der Waals surface area contributed by atoms with Crippen molar-refractivity contribution in [1.82, 2.24) is 19.7 Å². The molecule has 0 spiro atoms. The number of esters is 1. The van der Waals surface area contributed by atoms with Gasteiger partial charge in [0.15, 0.2) is 0 Å². The predicted octanol–water partition coefficient (Wildman–Crippen LogP) is 1.13. The standard InChI is InChI=1S/C13H13N5O2/c1-8-10(12(19)20-2)11(9-5-3-4-6-14-9)18-13(17-8)15-7-16-18/h3-7,11H,1-2H3,(H,15,16,17)/t11-/m0/s1. The molecule has 0 bridgehead atoms. The molecule has 7 nitrogen and oxygen atoms in total. The zero-order valence-electron chi connectivity index (χ0n) is 11.1. The Bertz CT molecular complexity index is 677. The van der Waals surface area contributed by atoms with Gasteiger partial charge >= 0.3 is 5.97 Å². The molecule has 2 aromatic heterocycles. The molecule has 3 rings (SSSR count). The van der Waals surface area contributed by atoms with Gasteiger partial charge in [-0.3, -0.25) is 4.98 Å². The minimum atomic E-state index is -0.442. The molecule has 102 valence electrons. The Labute approximate surface area is 115 Å². The minimum absolute atomic E-state index is 0.410. The zero-order valence-corrected chi connectivity index (χ0v) is 11.1. The van der Waals surface area contributed by atoms with E-state index in [-0.39, 0.29) is 0 Å². The second kappa shape index (κ2) is 4.76. The largest absolute Gasteiger partial charge is 0.466 e. The van der Waals surface area contributed by atoms with Gasteiger partial charge in [0.1, 0.15) is 12.4 Å². The summed E-state index contributed by atoms with van der Waals surface area (Å²) in [5, 5.41) is 7.22. The molecule has 0 radical (unpaired) electrons. The van der Waals surface area contributed by atoms with Crippen LogP contribution in [0.2, 0.25) is 0 Å². The number of allylic oxidation sites excluding steroid dienone is 1. The molecule has 1 atom stereocenters. The number of hydrogen-bond acceptors (Lipinski definition) is 6. The first-order valence-electron chi connectivity index (χ1n) is 6.09. The molecule has 0 saturated heterocycles. The Kier molecular flexibility index (Phi) is 2.94. The SMILES string of the molecule is COC(=O)C1=C(C)Nc2ncnn2[C@H]1c1ccccn1. The smallest absolute Gasteiger partial charge is 0.338 e. The molecule has 7 heteroatoms. The highest BCUT2D eigenvalue weighted by atomic mass is 16.5. The van der Waals surface area contributed by atoms with Gasteiger partial charge in [0.05, 0.1) is 18.4 Å². The van der Waals surface area contributed by atoms with E-state index in [0.717, 1.165) is 0 Å². The van der Waals surface area contributed by atoms with Gasteiger partial charge in [0, 0.05) is 11.9 Å². The van der Waals surface area contributed by atoms with Gasteiger partial charge in [-0.1, -0.05) is 6.07 Å². The number of ether oxygens (including phenoxy) is 1. The number of hydrogen-bond donors (Lipinski definition) is 1. The van der Waals surface area contributed by atoms with Crippen LogP contribution in [0, 0.1) is 0 Å². The number of aromatic nitrogens is 4. The number of carbonyl (C=O) groups excluding carboxylic acids is 1.